The molecule has 1 atom stereocenters. The molecule has 2 aromatic carbocycles. The molecule has 0 fully saturated rings. The summed E-state index contributed by atoms with van der Waals surface area (Å²) in [5.74, 6) is 0.144. The Labute approximate surface area is 177 Å². The van der Waals surface area contributed by atoms with Crippen molar-refractivity contribution in [2.75, 3.05) is 0 Å². The van der Waals surface area contributed by atoms with Crippen LogP contribution in [0.3, 0.4) is 0 Å². The van der Waals surface area contributed by atoms with E-state index in [0.29, 0.717) is 10.2 Å². The molecule has 30 heavy (non-hydrogen) atoms. The van der Waals surface area contributed by atoms with E-state index in [1.165, 1.54) is 11.3 Å². The van der Waals surface area contributed by atoms with Gasteiger partial charge in [-0.2, -0.15) is 0 Å². The number of carbonyl (C=O) groups excluding carboxylic acids is 1. The first-order chi connectivity index (χ1) is 14.5. The first-order valence-corrected chi connectivity index (χ1v) is 10.3. The number of fused-ring (bicyclic) bond motifs is 1. The van der Waals surface area contributed by atoms with E-state index in [4.69, 9.17) is 9.15 Å². The Morgan fingerprint density at radius 3 is 2.50 bits per heavy atom. The maximum absolute atomic E-state index is 12.6. The average molecular weight is 420 g/mol. The van der Waals surface area contributed by atoms with Crippen LogP contribution in [0.1, 0.15) is 30.0 Å². The number of benzene rings is 2. The lowest BCUT2D eigenvalue weighted by molar-refractivity contribution is 0.134. The zero-order valence-electron chi connectivity index (χ0n) is 16.5. The molecule has 0 aliphatic heterocycles. The van der Waals surface area contributed by atoms with Crippen molar-refractivity contribution in [2.24, 2.45) is 0 Å². The molecule has 2 aromatic heterocycles. The number of hydrogen-bond acceptors (Lipinski definition) is 6. The first kappa shape index (κ1) is 19.8. The quantitative estimate of drug-likeness (QED) is 0.479. The predicted octanol–water partition coefficient (Wildman–Crippen LogP) is 5.21. The fourth-order valence-corrected chi connectivity index (χ4v) is 4.32. The normalized spacial score (nSPS) is 11.9. The van der Waals surface area contributed by atoms with Gasteiger partial charge in [0, 0.05) is 4.88 Å². The highest BCUT2D eigenvalue weighted by Crippen LogP contribution is 2.36. The average Bonchev–Trinajstić information content (AvgIpc) is 3.10. The zero-order valence-corrected chi connectivity index (χ0v) is 17.4. The third kappa shape index (κ3) is 4.11. The number of amides is 1. The molecule has 1 N–H and O–H groups in total. The van der Waals surface area contributed by atoms with Gasteiger partial charge in [-0.05, 0) is 30.5 Å². The molecule has 0 saturated heterocycles. The summed E-state index contributed by atoms with van der Waals surface area (Å²) >= 11 is 1.43. The van der Waals surface area contributed by atoms with E-state index in [1.54, 1.807) is 6.92 Å². The second kappa shape index (κ2) is 8.51. The Kier molecular flexibility index (Phi) is 5.63. The van der Waals surface area contributed by atoms with Crippen LogP contribution in [0.2, 0.25) is 0 Å². The minimum Gasteiger partial charge on any atom is -0.445 e. The lowest BCUT2D eigenvalue weighted by Crippen LogP contribution is -2.28. The summed E-state index contributed by atoms with van der Waals surface area (Å²) in [5, 5.41) is 3.13. The van der Waals surface area contributed by atoms with Gasteiger partial charge in [-0.1, -0.05) is 60.7 Å². The standard InChI is InChI=1S/C23H20N2O4S/c1-14-18-21(30-19(14)17-11-7-4-8-12-17)25-20(29-22(18)26)15(2)24-23(27)28-13-16-9-5-3-6-10-16/h3-12,15H,13H2,1-2H3,(H,24,27). The van der Waals surface area contributed by atoms with Crippen LogP contribution in [0.4, 0.5) is 4.79 Å². The number of rotatable bonds is 5. The molecule has 4 rings (SSSR count). The van der Waals surface area contributed by atoms with Crippen LogP contribution in [-0.2, 0) is 11.3 Å². The van der Waals surface area contributed by atoms with Crippen molar-refractivity contribution in [3.05, 3.63) is 88.1 Å². The van der Waals surface area contributed by atoms with E-state index in [-0.39, 0.29) is 12.5 Å². The van der Waals surface area contributed by atoms with Gasteiger partial charge in [-0.25, -0.2) is 14.6 Å². The third-order valence-electron chi connectivity index (χ3n) is 4.69. The largest absolute Gasteiger partial charge is 0.445 e. The van der Waals surface area contributed by atoms with Gasteiger partial charge < -0.3 is 14.5 Å². The van der Waals surface area contributed by atoms with E-state index < -0.39 is 17.8 Å². The summed E-state index contributed by atoms with van der Waals surface area (Å²) in [5.41, 5.74) is 2.29. The number of thiophene rings is 1. The van der Waals surface area contributed by atoms with Crippen molar-refractivity contribution < 1.29 is 13.9 Å². The number of aromatic nitrogens is 1. The van der Waals surface area contributed by atoms with E-state index >= 15 is 0 Å². The number of carbonyl (C=O) groups is 1. The topological polar surface area (TPSA) is 81.4 Å². The molecule has 4 aromatic rings. The van der Waals surface area contributed by atoms with Gasteiger partial charge in [-0.15, -0.1) is 11.3 Å². The number of ether oxygens (including phenoxy) is 1. The lowest BCUT2D eigenvalue weighted by Gasteiger charge is -2.12. The maximum Gasteiger partial charge on any atom is 0.408 e. The van der Waals surface area contributed by atoms with Gasteiger partial charge in [0.1, 0.15) is 22.9 Å². The highest BCUT2D eigenvalue weighted by molar-refractivity contribution is 7.22. The molecule has 1 amide bonds. The summed E-state index contributed by atoms with van der Waals surface area (Å²) < 4.78 is 10.6. The Balaban J connectivity index is 1.54. The predicted molar refractivity (Wildman–Crippen MR) is 117 cm³/mol. The van der Waals surface area contributed by atoms with Crippen molar-refractivity contribution >= 4 is 27.6 Å². The molecular weight excluding hydrogens is 400 g/mol. The highest BCUT2D eigenvalue weighted by atomic mass is 32.1. The van der Waals surface area contributed by atoms with Crippen molar-refractivity contribution in [2.45, 2.75) is 26.5 Å². The van der Waals surface area contributed by atoms with E-state index in [2.05, 4.69) is 10.3 Å². The van der Waals surface area contributed by atoms with Crippen LogP contribution >= 0.6 is 11.3 Å². The molecule has 6 nitrogen and oxygen atoms in total. The minimum atomic E-state index is -0.618. The lowest BCUT2D eigenvalue weighted by atomic mass is 10.1. The highest BCUT2D eigenvalue weighted by Gasteiger charge is 2.20. The van der Waals surface area contributed by atoms with Crippen molar-refractivity contribution in [1.29, 1.82) is 0 Å². The molecule has 0 saturated carbocycles. The maximum atomic E-state index is 12.6. The minimum absolute atomic E-state index is 0.144. The molecular formula is C23H20N2O4S. The molecule has 0 bridgehead atoms. The molecule has 0 spiro atoms. The fraction of sp³-hybridized carbons (Fsp3) is 0.174. The van der Waals surface area contributed by atoms with Gasteiger partial charge in [0.15, 0.2) is 0 Å². The summed E-state index contributed by atoms with van der Waals surface area (Å²) in [4.78, 5) is 30.8. The second-order valence-electron chi connectivity index (χ2n) is 6.87. The summed E-state index contributed by atoms with van der Waals surface area (Å²) in [7, 11) is 0. The Bertz CT molecular complexity index is 1230. The van der Waals surface area contributed by atoms with Crippen molar-refractivity contribution in [3.8, 4) is 10.4 Å². The van der Waals surface area contributed by atoms with E-state index in [9.17, 15) is 9.59 Å². The molecule has 7 heteroatoms. The van der Waals surface area contributed by atoms with Crippen LogP contribution in [0.25, 0.3) is 20.7 Å². The van der Waals surface area contributed by atoms with Gasteiger partial charge in [0.05, 0.1) is 0 Å². The fourth-order valence-electron chi connectivity index (χ4n) is 3.14. The third-order valence-corrected chi connectivity index (χ3v) is 5.93. The molecule has 1 unspecified atom stereocenters. The Morgan fingerprint density at radius 2 is 1.80 bits per heavy atom. The van der Waals surface area contributed by atoms with E-state index in [0.717, 1.165) is 21.6 Å². The summed E-state index contributed by atoms with van der Waals surface area (Å²) in [6.07, 6.45) is -0.608. The zero-order chi connectivity index (χ0) is 21.1. The number of nitrogens with zero attached hydrogens (tertiary/aromatic N) is 1. The van der Waals surface area contributed by atoms with E-state index in [1.807, 2.05) is 67.6 Å². The van der Waals surface area contributed by atoms with Gasteiger partial charge in [0.25, 0.3) is 0 Å². The van der Waals surface area contributed by atoms with Crippen LogP contribution in [0.15, 0.2) is 69.9 Å². The second-order valence-corrected chi connectivity index (χ2v) is 7.87. The smallest absolute Gasteiger partial charge is 0.408 e. The summed E-state index contributed by atoms with van der Waals surface area (Å²) in [6, 6.07) is 18.6. The SMILES string of the molecule is Cc1c(-c2ccccc2)sc2nc(C(C)NC(=O)OCc3ccccc3)oc(=O)c12. The number of nitrogens with one attached hydrogen (secondary N) is 1. The molecule has 0 aliphatic carbocycles. The molecule has 2 heterocycles. The Morgan fingerprint density at radius 1 is 1.13 bits per heavy atom. The monoisotopic (exact) mass is 420 g/mol. The van der Waals surface area contributed by atoms with Crippen LogP contribution in [0.5, 0.6) is 0 Å². The van der Waals surface area contributed by atoms with Crippen LogP contribution in [0, 0.1) is 6.92 Å². The van der Waals surface area contributed by atoms with Crippen LogP contribution < -0.4 is 10.9 Å². The van der Waals surface area contributed by atoms with Gasteiger partial charge in [-0.3, -0.25) is 0 Å². The summed E-state index contributed by atoms with van der Waals surface area (Å²) in [6.45, 7) is 3.74. The number of alkyl carbamates (subject to hydrolysis) is 1. The van der Waals surface area contributed by atoms with Crippen molar-refractivity contribution in [3.63, 3.8) is 0 Å². The molecule has 152 valence electrons. The molecule has 0 aliphatic rings. The van der Waals surface area contributed by atoms with Crippen molar-refractivity contribution in [1.82, 2.24) is 10.3 Å². The number of aryl methyl sites for hydroxylation is 1. The van der Waals surface area contributed by atoms with Crippen LogP contribution in [-0.4, -0.2) is 11.1 Å². The Hall–Kier alpha value is -3.45. The molecule has 0 radical (unpaired) electrons. The number of hydrogen-bond donors (Lipinski definition) is 1. The first-order valence-electron chi connectivity index (χ1n) is 9.49. The van der Waals surface area contributed by atoms with Gasteiger partial charge >= 0.3 is 11.7 Å². The van der Waals surface area contributed by atoms with Gasteiger partial charge in [0.2, 0.25) is 5.89 Å².